The van der Waals surface area contributed by atoms with E-state index in [0.717, 1.165) is 18.7 Å². The smallest absolute Gasteiger partial charge is 0.113 e. The molecule has 0 bridgehead atoms. The van der Waals surface area contributed by atoms with Gasteiger partial charge in [-0.3, -0.25) is 4.68 Å². The highest BCUT2D eigenvalue weighted by Gasteiger charge is 2.16. The molecule has 1 aliphatic rings. The Morgan fingerprint density at radius 1 is 1.40 bits per heavy atom. The fourth-order valence-electron chi connectivity index (χ4n) is 2.05. The largest absolute Gasteiger partial charge is 0.384 e. The van der Waals surface area contributed by atoms with E-state index < -0.39 is 0 Å². The number of aromatic nitrogens is 3. The van der Waals surface area contributed by atoms with Crippen molar-refractivity contribution in [3.8, 4) is 11.3 Å². The fourth-order valence-corrected chi connectivity index (χ4v) is 2.05. The van der Waals surface area contributed by atoms with Gasteiger partial charge in [-0.15, -0.1) is 5.10 Å². The molecule has 1 aromatic heterocycles. The van der Waals surface area contributed by atoms with Gasteiger partial charge in [-0.2, -0.15) is 0 Å². The van der Waals surface area contributed by atoms with Gasteiger partial charge in [0.1, 0.15) is 5.69 Å². The Labute approximate surface area is 87.9 Å². The van der Waals surface area contributed by atoms with Crippen molar-refractivity contribution >= 4 is 5.69 Å². The lowest BCUT2D eigenvalue weighted by atomic mass is 10.0. The van der Waals surface area contributed by atoms with Crippen LogP contribution in [0.1, 0.15) is 5.56 Å². The predicted octanol–water partition coefficient (Wildman–Crippen LogP) is 1.45. The minimum atomic E-state index is 0.957. The Morgan fingerprint density at radius 2 is 2.33 bits per heavy atom. The molecule has 1 aromatic carbocycles. The average molecular weight is 200 g/mol. The van der Waals surface area contributed by atoms with Crippen molar-refractivity contribution in [2.75, 3.05) is 11.9 Å². The van der Waals surface area contributed by atoms with E-state index in [0.29, 0.717) is 0 Å². The molecular formula is C11H12N4. The number of rotatable bonds is 1. The van der Waals surface area contributed by atoms with Crippen LogP contribution in [0.2, 0.25) is 0 Å². The molecule has 0 fully saturated rings. The molecule has 0 atom stereocenters. The molecule has 3 rings (SSSR count). The third kappa shape index (κ3) is 1.29. The maximum atomic E-state index is 4.15. The molecule has 0 amide bonds. The quantitative estimate of drug-likeness (QED) is 0.757. The molecule has 0 saturated carbocycles. The van der Waals surface area contributed by atoms with Crippen LogP contribution in [-0.4, -0.2) is 21.5 Å². The van der Waals surface area contributed by atoms with Crippen LogP contribution in [0.4, 0.5) is 5.69 Å². The van der Waals surface area contributed by atoms with Crippen LogP contribution in [0.15, 0.2) is 24.4 Å². The van der Waals surface area contributed by atoms with E-state index in [-0.39, 0.29) is 0 Å². The van der Waals surface area contributed by atoms with Crippen molar-refractivity contribution in [1.82, 2.24) is 15.0 Å². The van der Waals surface area contributed by atoms with Crippen LogP contribution >= 0.6 is 0 Å². The number of nitrogens with one attached hydrogen (secondary N) is 1. The number of hydrogen-bond acceptors (Lipinski definition) is 3. The van der Waals surface area contributed by atoms with Crippen LogP contribution in [0.3, 0.4) is 0 Å². The molecular weight excluding hydrogens is 188 g/mol. The van der Waals surface area contributed by atoms with E-state index in [1.165, 1.54) is 16.8 Å². The summed E-state index contributed by atoms with van der Waals surface area (Å²) in [4.78, 5) is 0. The molecule has 4 nitrogen and oxygen atoms in total. The van der Waals surface area contributed by atoms with Crippen LogP contribution in [0, 0.1) is 0 Å². The second kappa shape index (κ2) is 3.08. The van der Waals surface area contributed by atoms with Crippen molar-refractivity contribution in [2.45, 2.75) is 6.42 Å². The van der Waals surface area contributed by atoms with Gasteiger partial charge in [0, 0.05) is 24.8 Å². The van der Waals surface area contributed by atoms with Crippen LogP contribution < -0.4 is 5.32 Å². The van der Waals surface area contributed by atoms with Crippen molar-refractivity contribution < 1.29 is 0 Å². The minimum absolute atomic E-state index is 0.957. The minimum Gasteiger partial charge on any atom is -0.384 e. The van der Waals surface area contributed by atoms with Crippen molar-refractivity contribution in [3.05, 3.63) is 30.0 Å². The Hall–Kier alpha value is -1.84. The first kappa shape index (κ1) is 8.47. The first-order chi connectivity index (χ1) is 7.34. The molecule has 0 radical (unpaired) electrons. The molecule has 0 aliphatic carbocycles. The van der Waals surface area contributed by atoms with Gasteiger partial charge in [0.2, 0.25) is 0 Å². The van der Waals surface area contributed by atoms with Gasteiger partial charge in [0.05, 0.1) is 6.20 Å². The monoisotopic (exact) mass is 200 g/mol. The molecule has 2 heterocycles. The number of nitrogens with zero attached hydrogens (tertiary/aromatic N) is 3. The highest BCUT2D eigenvalue weighted by atomic mass is 15.4. The Kier molecular flexibility index (Phi) is 1.74. The second-order valence-corrected chi connectivity index (χ2v) is 3.79. The zero-order valence-electron chi connectivity index (χ0n) is 8.57. The summed E-state index contributed by atoms with van der Waals surface area (Å²) in [5, 5.41) is 11.5. The molecule has 76 valence electrons. The summed E-state index contributed by atoms with van der Waals surface area (Å²) >= 11 is 0. The van der Waals surface area contributed by atoms with Crippen molar-refractivity contribution in [3.63, 3.8) is 0 Å². The standard InChI is InChI=1S/C11H12N4/c1-15-7-11(13-14-15)8-3-2-4-10-9(8)5-6-12-10/h2-4,7,12H,5-6H2,1H3. The van der Waals surface area contributed by atoms with E-state index in [9.17, 15) is 0 Å². The van der Waals surface area contributed by atoms with E-state index >= 15 is 0 Å². The fraction of sp³-hybridized carbons (Fsp3) is 0.273. The van der Waals surface area contributed by atoms with E-state index in [4.69, 9.17) is 0 Å². The molecule has 0 unspecified atom stereocenters. The van der Waals surface area contributed by atoms with Gasteiger partial charge in [-0.1, -0.05) is 17.3 Å². The van der Waals surface area contributed by atoms with Gasteiger partial charge in [-0.05, 0) is 18.1 Å². The van der Waals surface area contributed by atoms with Gasteiger partial charge < -0.3 is 5.32 Å². The second-order valence-electron chi connectivity index (χ2n) is 3.79. The molecule has 4 heteroatoms. The number of fused-ring (bicyclic) bond motifs is 1. The highest BCUT2D eigenvalue weighted by molar-refractivity contribution is 5.73. The molecule has 15 heavy (non-hydrogen) atoms. The topological polar surface area (TPSA) is 42.7 Å². The van der Waals surface area contributed by atoms with E-state index in [1.807, 2.05) is 13.2 Å². The maximum absolute atomic E-state index is 4.15. The lowest BCUT2D eigenvalue weighted by Crippen LogP contribution is -1.90. The number of benzene rings is 1. The first-order valence-corrected chi connectivity index (χ1v) is 5.07. The molecule has 2 aromatic rings. The van der Waals surface area contributed by atoms with Crippen molar-refractivity contribution in [2.24, 2.45) is 7.05 Å². The maximum Gasteiger partial charge on any atom is 0.113 e. The van der Waals surface area contributed by atoms with Gasteiger partial charge in [0.15, 0.2) is 0 Å². The predicted molar refractivity (Wildman–Crippen MR) is 58.6 cm³/mol. The number of aryl methyl sites for hydroxylation is 1. The Balaban J connectivity index is 2.16. The van der Waals surface area contributed by atoms with Crippen LogP contribution in [-0.2, 0) is 13.5 Å². The van der Waals surface area contributed by atoms with Crippen molar-refractivity contribution in [1.29, 1.82) is 0 Å². The summed E-state index contributed by atoms with van der Waals surface area (Å²) < 4.78 is 1.73. The van der Waals surface area contributed by atoms with Crippen LogP contribution in [0.5, 0.6) is 0 Å². The lowest BCUT2D eigenvalue weighted by molar-refractivity contribution is 0.715. The lowest BCUT2D eigenvalue weighted by Gasteiger charge is -2.03. The molecule has 0 spiro atoms. The third-order valence-electron chi connectivity index (χ3n) is 2.75. The first-order valence-electron chi connectivity index (χ1n) is 5.07. The summed E-state index contributed by atoms with van der Waals surface area (Å²) in [5.41, 5.74) is 4.75. The zero-order chi connectivity index (χ0) is 10.3. The Bertz CT molecular complexity index is 501. The summed E-state index contributed by atoms with van der Waals surface area (Å²) in [5.74, 6) is 0. The molecule has 1 aliphatic heterocycles. The summed E-state index contributed by atoms with van der Waals surface area (Å²) in [6, 6.07) is 6.28. The highest BCUT2D eigenvalue weighted by Crippen LogP contribution is 2.31. The summed E-state index contributed by atoms with van der Waals surface area (Å²) in [6.07, 6.45) is 3.02. The molecule has 1 N–H and O–H groups in total. The van der Waals surface area contributed by atoms with Gasteiger partial charge in [0.25, 0.3) is 0 Å². The SMILES string of the molecule is Cn1cc(-c2cccc3c2CCN3)nn1. The van der Waals surface area contributed by atoms with E-state index in [1.54, 1.807) is 4.68 Å². The van der Waals surface area contributed by atoms with Crippen LogP contribution in [0.25, 0.3) is 11.3 Å². The Morgan fingerprint density at radius 3 is 3.13 bits per heavy atom. The average Bonchev–Trinajstić information content (AvgIpc) is 2.84. The molecule has 0 saturated heterocycles. The van der Waals surface area contributed by atoms with Gasteiger partial charge in [-0.25, -0.2) is 0 Å². The summed E-state index contributed by atoms with van der Waals surface area (Å²) in [7, 11) is 1.89. The summed E-state index contributed by atoms with van der Waals surface area (Å²) in [6.45, 7) is 1.02. The van der Waals surface area contributed by atoms with E-state index in [2.05, 4.69) is 33.8 Å². The number of hydrogen-bond donors (Lipinski definition) is 1. The zero-order valence-corrected chi connectivity index (χ0v) is 8.57. The third-order valence-corrected chi connectivity index (χ3v) is 2.75. The normalized spacial score (nSPS) is 13.7. The number of anilines is 1. The van der Waals surface area contributed by atoms with Gasteiger partial charge >= 0.3 is 0 Å².